The first-order valence-electron chi connectivity index (χ1n) is 9.00. The van der Waals surface area contributed by atoms with Crippen LogP contribution < -0.4 is 14.8 Å². The summed E-state index contributed by atoms with van der Waals surface area (Å²) in [6.07, 6.45) is 0.758. The number of ether oxygens (including phenoxy) is 3. The smallest absolute Gasteiger partial charge is 0.344 e. The van der Waals surface area contributed by atoms with Crippen molar-refractivity contribution in [2.24, 2.45) is 0 Å². The summed E-state index contributed by atoms with van der Waals surface area (Å²) in [5.41, 5.74) is 1.74. The van der Waals surface area contributed by atoms with Crippen LogP contribution in [0.15, 0.2) is 30.3 Å². The Morgan fingerprint density at radius 1 is 1.17 bits per heavy atom. The van der Waals surface area contributed by atoms with Gasteiger partial charge in [0, 0.05) is 12.0 Å². The van der Waals surface area contributed by atoms with Gasteiger partial charge in [-0.1, -0.05) is 41.4 Å². The molecule has 29 heavy (non-hydrogen) atoms. The van der Waals surface area contributed by atoms with Crippen LogP contribution in [-0.4, -0.2) is 30.7 Å². The standard InChI is InChI=1S/C21H21Cl2NO5/c1-12-7-8-14(22)19(18(12)23)24-16(25)10-28-17(26)11-27-15-6-4-5-13-9-21(2,3)29-20(13)15/h4-8H,9-11H2,1-3H3,(H,24,25). The molecule has 8 heteroatoms. The number of benzene rings is 2. The number of halogens is 2. The molecule has 3 rings (SSSR count). The topological polar surface area (TPSA) is 73.9 Å². The highest BCUT2D eigenvalue weighted by atomic mass is 35.5. The number of hydrogen-bond acceptors (Lipinski definition) is 5. The van der Waals surface area contributed by atoms with E-state index in [4.69, 9.17) is 37.4 Å². The Bertz CT molecular complexity index is 958. The molecule has 1 aliphatic rings. The molecule has 0 aromatic heterocycles. The Kier molecular flexibility index (Phi) is 6.24. The Hall–Kier alpha value is -2.44. The van der Waals surface area contributed by atoms with Crippen LogP contribution in [0.2, 0.25) is 10.0 Å². The van der Waals surface area contributed by atoms with Crippen LogP contribution in [-0.2, 0) is 20.7 Å². The lowest BCUT2D eigenvalue weighted by Crippen LogP contribution is -2.25. The number of anilines is 1. The van der Waals surface area contributed by atoms with Crippen LogP contribution in [0.5, 0.6) is 11.5 Å². The predicted molar refractivity (Wildman–Crippen MR) is 111 cm³/mol. The highest BCUT2D eigenvalue weighted by molar-refractivity contribution is 6.40. The molecule has 1 heterocycles. The third kappa shape index (κ3) is 5.14. The molecular formula is C21H21Cl2NO5. The molecule has 0 aliphatic carbocycles. The van der Waals surface area contributed by atoms with Crippen LogP contribution in [0, 0.1) is 6.92 Å². The highest BCUT2D eigenvalue weighted by Gasteiger charge is 2.32. The molecule has 0 spiro atoms. The lowest BCUT2D eigenvalue weighted by atomic mass is 10.0. The van der Waals surface area contributed by atoms with Crippen molar-refractivity contribution in [3.05, 3.63) is 51.5 Å². The molecule has 2 aromatic carbocycles. The second-order valence-electron chi connectivity index (χ2n) is 7.33. The van der Waals surface area contributed by atoms with E-state index in [1.807, 2.05) is 26.0 Å². The fourth-order valence-electron chi connectivity index (χ4n) is 2.97. The molecule has 2 aromatic rings. The molecule has 0 radical (unpaired) electrons. The molecule has 0 saturated carbocycles. The zero-order chi connectivity index (χ0) is 21.2. The Balaban J connectivity index is 1.51. The number of carbonyl (C=O) groups is 2. The summed E-state index contributed by atoms with van der Waals surface area (Å²) in [4.78, 5) is 24.0. The molecule has 0 unspecified atom stereocenters. The second kappa shape index (κ2) is 8.51. The van der Waals surface area contributed by atoms with E-state index >= 15 is 0 Å². The van der Waals surface area contributed by atoms with Crippen molar-refractivity contribution in [3.63, 3.8) is 0 Å². The zero-order valence-electron chi connectivity index (χ0n) is 16.3. The first-order valence-corrected chi connectivity index (χ1v) is 9.75. The fourth-order valence-corrected chi connectivity index (χ4v) is 3.44. The summed E-state index contributed by atoms with van der Waals surface area (Å²) in [6.45, 7) is 4.92. The molecule has 1 aliphatic heterocycles. The number of hydrogen-bond donors (Lipinski definition) is 1. The van der Waals surface area contributed by atoms with E-state index in [0.29, 0.717) is 21.5 Å². The number of amides is 1. The van der Waals surface area contributed by atoms with Gasteiger partial charge in [-0.3, -0.25) is 4.79 Å². The molecule has 0 atom stereocenters. The summed E-state index contributed by atoms with van der Waals surface area (Å²) in [5, 5.41) is 3.18. The quantitative estimate of drug-likeness (QED) is 0.669. The van der Waals surface area contributed by atoms with E-state index in [0.717, 1.165) is 17.5 Å². The van der Waals surface area contributed by atoms with Gasteiger partial charge in [0.1, 0.15) is 5.60 Å². The summed E-state index contributed by atoms with van der Waals surface area (Å²) in [6, 6.07) is 8.89. The lowest BCUT2D eigenvalue weighted by molar-refractivity contribution is -0.149. The number of para-hydroxylation sites is 1. The van der Waals surface area contributed by atoms with Gasteiger partial charge < -0.3 is 19.5 Å². The molecule has 1 N–H and O–H groups in total. The number of esters is 1. The zero-order valence-corrected chi connectivity index (χ0v) is 17.8. The van der Waals surface area contributed by atoms with Crippen molar-refractivity contribution in [2.75, 3.05) is 18.5 Å². The lowest BCUT2D eigenvalue weighted by Gasteiger charge is -2.18. The molecule has 0 bridgehead atoms. The van der Waals surface area contributed by atoms with Crippen LogP contribution in [0.25, 0.3) is 0 Å². The summed E-state index contributed by atoms with van der Waals surface area (Å²) < 4.78 is 16.4. The number of rotatable bonds is 6. The third-order valence-electron chi connectivity index (χ3n) is 4.31. The highest BCUT2D eigenvalue weighted by Crippen LogP contribution is 2.41. The van der Waals surface area contributed by atoms with Crippen LogP contribution in [0.1, 0.15) is 25.0 Å². The van der Waals surface area contributed by atoms with E-state index in [-0.39, 0.29) is 17.9 Å². The molecule has 1 amide bonds. The molecule has 0 fully saturated rings. The van der Waals surface area contributed by atoms with Gasteiger partial charge in [0.2, 0.25) is 0 Å². The number of aryl methyl sites for hydroxylation is 1. The maximum Gasteiger partial charge on any atom is 0.344 e. The number of carbonyl (C=O) groups excluding carboxylic acids is 2. The van der Waals surface area contributed by atoms with E-state index in [9.17, 15) is 9.59 Å². The van der Waals surface area contributed by atoms with Crippen molar-refractivity contribution >= 4 is 40.8 Å². The van der Waals surface area contributed by atoms with Crippen molar-refractivity contribution in [2.45, 2.75) is 32.8 Å². The predicted octanol–water partition coefficient (Wildman–Crippen LogP) is 4.58. The van der Waals surface area contributed by atoms with Crippen molar-refractivity contribution in [1.29, 1.82) is 0 Å². The molecule has 154 valence electrons. The maximum absolute atomic E-state index is 12.1. The Morgan fingerprint density at radius 2 is 1.93 bits per heavy atom. The van der Waals surface area contributed by atoms with E-state index < -0.39 is 18.5 Å². The second-order valence-corrected chi connectivity index (χ2v) is 8.12. The maximum atomic E-state index is 12.1. The Morgan fingerprint density at radius 3 is 2.69 bits per heavy atom. The van der Waals surface area contributed by atoms with Gasteiger partial charge in [0.25, 0.3) is 5.91 Å². The minimum atomic E-state index is -0.684. The van der Waals surface area contributed by atoms with Crippen molar-refractivity contribution in [1.82, 2.24) is 0 Å². The number of fused-ring (bicyclic) bond motifs is 1. The number of nitrogens with one attached hydrogen (secondary N) is 1. The van der Waals surface area contributed by atoms with Crippen LogP contribution in [0.4, 0.5) is 5.69 Å². The SMILES string of the molecule is Cc1ccc(Cl)c(NC(=O)COC(=O)COc2cccc3c2OC(C)(C)C3)c1Cl. The van der Waals surface area contributed by atoms with Gasteiger partial charge in [0.05, 0.1) is 15.7 Å². The first-order chi connectivity index (χ1) is 13.7. The van der Waals surface area contributed by atoms with Gasteiger partial charge >= 0.3 is 5.97 Å². The third-order valence-corrected chi connectivity index (χ3v) is 5.12. The fraction of sp³-hybridized carbons (Fsp3) is 0.333. The summed E-state index contributed by atoms with van der Waals surface area (Å²) in [5.74, 6) is -0.144. The van der Waals surface area contributed by atoms with E-state index in [2.05, 4.69) is 5.32 Å². The van der Waals surface area contributed by atoms with Gasteiger partial charge in [0.15, 0.2) is 24.7 Å². The van der Waals surface area contributed by atoms with Crippen molar-refractivity contribution in [3.8, 4) is 11.5 Å². The monoisotopic (exact) mass is 437 g/mol. The van der Waals surface area contributed by atoms with Crippen molar-refractivity contribution < 1.29 is 23.8 Å². The molecular weight excluding hydrogens is 417 g/mol. The first kappa shape index (κ1) is 21.3. The average molecular weight is 438 g/mol. The summed E-state index contributed by atoms with van der Waals surface area (Å²) >= 11 is 12.2. The molecule has 0 saturated heterocycles. The van der Waals surface area contributed by atoms with Crippen LogP contribution in [0.3, 0.4) is 0 Å². The van der Waals surface area contributed by atoms with Crippen LogP contribution >= 0.6 is 23.2 Å². The largest absolute Gasteiger partial charge is 0.483 e. The summed E-state index contributed by atoms with van der Waals surface area (Å²) in [7, 11) is 0. The minimum absolute atomic E-state index is 0.283. The van der Waals surface area contributed by atoms with Gasteiger partial charge in [-0.2, -0.15) is 0 Å². The van der Waals surface area contributed by atoms with Gasteiger partial charge in [-0.15, -0.1) is 0 Å². The van der Waals surface area contributed by atoms with Gasteiger partial charge in [-0.05, 0) is 38.5 Å². The van der Waals surface area contributed by atoms with E-state index in [1.54, 1.807) is 25.1 Å². The van der Waals surface area contributed by atoms with E-state index in [1.165, 1.54) is 0 Å². The molecule has 6 nitrogen and oxygen atoms in total. The van der Waals surface area contributed by atoms with Gasteiger partial charge in [-0.25, -0.2) is 4.79 Å². The average Bonchev–Trinajstić information content (AvgIpc) is 2.99. The Labute approximate surface area is 179 Å². The minimum Gasteiger partial charge on any atom is -0.483 e. The normalized spacial score (nSPS) is 14.0.